The molecule has 0 spiro atoms. The number of benzene rings is 2. The van der Waals surface area contributed by atoms with E-state index in [2.05, 4.69) is 15.2 Å². The molecule has 0 saturated heterocycles. The highest BCUT2D eigenvalue weighted by Gasteiger charge is 2.42. The van der Waals surface area contributed by atoms with Crippen LogP contribution in [0.3, 0.4) is 0 Å². The Balaban J connectivity index is 1.69. The predicted octanol–water partition coefficient (Wildman–Crippen LogP) is 4.24. The van der Waals surface area contributed by atoms with E-state index in [-0.39, 0.29) is 11.7 Å². The van der Waals surface area contributed by atoms with Gasteiger partial charge < -0.3 is 14.7 Å². The zero-order valence-corrected chi connectivity index (χ0v) is 17.7. The maximum atomic E-state index is 13.5. The number of carbonyl (C=O) groups excluding carboxylic acids is 1. The van der Waals surface area contributed by atoms with E-state index in [0.717, 1.165) is 22.3 Å². The molecular formula is C25H22N4O3. The van der Waals surface area contributed by atoms with Gasteiger partial charge in [-0.05, 0) is 48.4 Å². The van der Waals surface area contributed by atoms with E-state index in [9.17, 15) is 9.90 Å². The molecule has 5 rings (SSSR count). The number of aromatic nitrogens is 3. The quantitative estimate of drug-likeness (QED) is 0.498. The molecule has 0 radical (unpaired) electrons. The molecule has 0 saturated carbocycles. The molecule has 0 fully saturated rings. The van der Waals surface area contributed by atoms with Crippen LogP contribution >= 0.6 is 0 Å². The third-order valence-electron chi connectivity index (χ3n) is 5.76. The van der Waals surface area contributed by atoms with Crippen molar-refractivity contribution in [2.75, 3.05) is 7.11 Å². The number of H-pyrrole nitrogens is 1. The summed E-state index contributed by atoms with van der Waals surface area (Å²) in [6, 6.07) is 16.4. The van der Waals surface area contributed by atoms with E-state index >= 15 is 0 Å². The lowest BCUT2D eigenvalue weighted by Gasteiger charge is -2.26. The number of rotatable bonds is 5. The Labute approximate surface area is 185 Å². The average Bonchev–Trinajstić information content (AvgIpc) is 3.35. The molecule has 4 aromatic rings. The molecule has 160 valence electrons. The largest absolute Gasteiger partial charge is 0.507 e. The molecule has 1 aliphatic heterocycles. The smallest absolute Gasteiger partial charge is 0.273 e. The number of phenolic OH excluding ortho intramolecular Hbond substituents is 1. The van der Waals surface area contributed by atoms with Crippen LogP contribution in [-0.4, -0.2) is 38.2 Å². The van der Waals surface area contributed by atoms with E-state index in [1.54, 1.807) is 30.5 Å². The molecule has 2 N–H and O–H groups in total. The van der Waals surface area contributed by atoms with Gasteiger partial charge in [0.15, 0.2) is 0 Å². The molecule has 0 unspecified atom stereocenters. The van der Waals surface area contributed by atoms with Crippen molar-refractivity contribution < 1.29 is 14.6 Å². The highest BCUT2D eigenvalue weighted by molar-refractivity contribution is 6.00. The van der Waals surface area contributed by atoms with Crippen LogP contribution in [0.2, 0.25) is 0 Å². The number of nitrogens with one attached hydrogen (secondary N) is 1. The third-order valence-corrected chi connectivity index (χ3v) is 5.76. The fourth-order valence-electron chi connectivity index (χ4n) is 4.25. The number of aromatic amines is 1. The monoisotopic (exact) mass is 426 g/mol. The summed E-state index contributed by atoms with van der Waals surface area (Å²) in [5, 5.41) is 17.9. The Hall–Kier alpha value is -4.13. The van der Waals surface area contributed by atoms with Gasteiger partial charge in [-0.1, -0.05) is 29.8 Å². The Morgan fingerprint density at radius 2 is 2.03 bits per heavy atom. The van der Waals surface area contributed by atoms with Gasteiger partial charge in [0, 0.05) is 30.1 Å². The fraction of sp³-hybridized carbons (Fsp3) is 0.160. The number of carbonyl (C=O) groups is 1. The van der Waals surface area contributed by atoms with Crippen molar-refractivity contribution in [3.63, 3.8) is 0 Å². The highest BCUT2D eigenvalue weighted by Crippen LogP contribution is 2.45. The minimum absolute atomic E-state index is 0.118. The van der Waals surface area contributed by atoms with Crippen LogP contribution < -0.4 is 4.74 Å². The van der Waals surface area contributed by atoms with Crippen LogP contribution in [0.1, 0.15) is 38.8 Å². The first-order valence-electron chi connectivity index (χ1n) is 10.3. The number of ether oxygens (including phenoxy) is 1. The number of nitrogens with zero attached hydrogens (tertiary/aromatic N) is 3. The molecule has 7 heteroatoms. The summed E-state index contributed by atoms with van der Waals surface area (Å²) < 4.78 is 5.44. The van der Waals surface area contributed by atoms with Crippen LogP contribution in [0.15, 0.2) is 67.0 Å². The predicted molar refractivity (Wildman–Crippen MR) is 119 cm³/mol. The van der Waals surface area contributed by atoms with E-state index in [0.29, 0.717) is 29.2 Å². The van der Waals surface area contributed by atoms with E-state index in [1.165, 1.54) is 0 Å². The summed E-state index contributed by atoms with van der Waals surface area (Å²) in [4.78, 5) is 19.5. The molecular weight excluding hydrogens is 404 g/mol. The summed E-state index contributed by atoms with van der Waals surface area (Å²) in [6.45, 7) is 2.34. The molecule has 1 amide bonds. The summed E-state index contributed by atoms with van der Waals surface area (Å²) in [6.07, 6.45) is 3.47. The van der Waals surface area contributed by atoms with Gasteiger partial charge in [-0.3, -0.25) is 14.9 Å². The number of hydrogen-bond acceptors (Lipinski definition) is 5. The van der Waals surface area contributed by atoms with Gasteiger partial charge in [0.25, 0.3) is 5.91 Å². The third kappa shape index (κ3) is 3.28. The zero-order valence-electron chi connectivity index (χ0n) is 17.7. The van der Waals surface area contributed by atoms with Gasteiger partial charge in [0.1, 0.15) is 22.9 Å². The Bertz CT molecular complexity index is 1300. The lowest BCUT2D eigenvalue weighted by Crippen LogP contribution is -2.29. The Kier molecular flexibility index (Phi) is 4.86. The summed E-state index contributed by atoms with van der Waals surface area (Å²) >= 11 is 0. The SMILES string of the molecule is COc1cccc([C@@H]2c3c(-c4cc(C)ccc4O)n[nH]c3C(=O)N2Cc2cccnc2)c1. The molecule has 0 bridgehead atoms. The first kappa shape index (κ1) is 19.8. The van der Waals surface area contributed by atoms with Gasteiger partial charge in [0.2, 0.25) is 0 Å². The van der Waals surface area contributed by atoms with E-state index in [4.69, 9.17) is 4.74 Å². The summed E-state index contributed by atoms with van der Waals surface area (Å²) in [7, 11) is 1.62. The maximum Gasteiger partial charge on any atom is 0.273 e. The number of aryl methyl sites for hydroxylation is 1. The minimum Gasteiger partial charge on any atom is -0.507 e. The first-order chi connectivity index (χ1) is 15.6. The highest BCUT2D eigenvalue weighted by atomic mass is 16.5. The number of amides is 1. The van der Waals surface area contributed by atoms with Gasteiger partial charge in [-0.2, -0.15) is 5.10 Å². The maximum absolute atomic E-state index is 13.5. The van der Waals surface area contributed by atoms with Crippen LogP contribution in [0.4, 0.5) is 0 Å². The number of aromatic hydroxyl groups is 1. The zero-order chi connectivity index (χ0) is 22.2. The molecule has 32 heavy (non-hydrogen) atoms. The van der Waals surface area contributed by atoms with Gasteiger partial charge in [-0.15, -0.1) is 0 Å². The fourth-order valence-corrected chi connectivity index (χ4v) is 4.25. The summed E-state index contributed by atoms with van der Waals surface area (Å²) in [5.41, 5.74) is 5.14. The van der Waals surface area contributed by atoms with Gasteiger partial charge in [0.05, 0.1) is 13.2 Å². The van der Waals surface area contributed by atoms with Crippen molar-refractivity contribution in [3.05, 3.63) is 94.9 Å². The molecule has 2 aromatic carbocycles. The van der Waals surface area contributed by atoms with Crippen LogP contribution in [-0.2, 0) is 6.54 Å². The number of methoxy groups -OCH3 is 1. The van der Waals surface area contributed by atoms with Crippen molar-refractivity contribution in [3.8, 4) is 22.8 Å². The molecule has 0 aliphatic carbocycles. The standard InChI is InChI=1S/C25H22N4O3/c1-15-8-9-20(30)19(11-15)22-21-23(28-27-22)25(31)29(14-16-5-4-10-26-13-16)24(21)17-6-3-7-18(12-17)32-2/h3-13,24,30H,14H2,1-2H3,(H,27,28)/t24-/m1/s1. The molecule has 7 nitrogen and oxygen atoms in total. The number of pyridine rings is 1. The Morgan fingerprint density at radius 3 is 2.81 bits per heavy atom. The van der Waals surface area contributed by atoms with Crippen LogP contribution in [0.5, 0.6) is 11.5 Å². The number of fused-ring (bicyclic) bond motifs is 1. The minimum atomic E-state index is -0.401. The number of phenols is 1. The van der Waals surface area contributed by atoms with Crippen molar-refractivity contribution in [1.29, 1.82) is 0 Å². The second-order valence-corrected chi connectivity index (χ2v) is 7.85. The van der Waals surface area contributed by atoms with Crippen molar-refractivity contribution >= 4 is 5.91 Å². The molecule has 3 heterocycles. The summed E-state index contributed by atoms with van der Waals surface area (Å²) in [5.74, 6) is 0.670. The van der Waals surface area contributed by atoms with Crippen molar-refractivity contribution in [2.24, 2.45) is 0 Å². The number of hydrogen-bond donors (Lipinski definition) is 2. The normalized spacial score (nSPS) is 15.1. The lowest BCUT2D eigenvalue weighted by molar-refractivity contribution is 0.0729. The van der Waals surface area contributed by atoms with Crippen LogP contribution in [0.25, 0.3) is 11.3 Å². The van der Waals surface area contributed by atoms with Gasteiger partial charge in [-0.25, -0.2) is 0 Å². The molecule has 1 aliphatic rings. The molecule has 2 aromatic heterocycles. The van der Waals surface area contributed by atoms with Crippen molar-refractivity contribution in [2.45, 2.75) is 19.5 Å². The second-order valence-electron chi connectivity index (χ2n) is 7.85. The Morgan fingerprint density at radius 1 is 1.16 bits per heavy atom. The first-order valence-corrected chi connectivity index (χ1v) is 10.3. The average molecular weight is 426 g/mol. The van der Waals surface area contributed by atoms with Crippen molar-refractivity contribution in [1.82, 2.24) is 20.1 Å². The second kappa shape index (κ2) is 7.85. The molecule has 1 atom stereocenters. The van der Waals surface area contributed by atoms with Gasteiger partial charge >= 0.3 is 0 Å². The lowest BCUT2D eigenvalue weighted by atomic mass is 9.95. The van der Waals surface area contributed by atoms with Crippen LogP contribution in [0, 0.1) is 6.92 Å². The topological polar surface area (TPSA) is 91.3 Å². The van der Waals surface area contributed by atoms with E-state index in [1.807, 2.05) is 55.5 Å². The van der Waals surface area contributed by atoms with E-state index < -0.39 is 6.04 Å².